The van der Waals surface area contributed by atoms with E-state index >= 15 is 0 Å². The van der Waals surface area contributed by atoms with Crippen molar-refractivity contribution in [1.29, 1.82) is 0 Å². The van der Waals surface area contributed by atoms with Crippen molar-refractivity contribution in [2.45, 2.75) is 4.90 Å². The normalized spacial score (nSPS) is 11.5. The number of rotatable bonds is 3. The Kier molecular flexibility index (Phi) is 3.62. The molecule has 0 aliphatic rings. The summed E-state index contributed by atoms with van der Waals surface area (Å²) in [5.41, 5.74) is 5.85. The summed E-state index contributed by atoms with van der Waals surface area (Å²) in [4.78, 5) is -0.0504. The molecule has 0 amide bonds. The smallest absolute Gasteiger partial charge is 0.263 e. The Morgan fingerprint density at radius 2 is 1.84 bits per heavy atom. The molecule has 0 spiro atoms. The molecule has 1 heterocycles. The number of nitrogens with zero attached hydrogens (tertiary/aromatic N) is 2. The van der Waals surface area contributed by atoms with Crippen LogP contribution in [0.5, 0.6) is 0 Å². The first-order valence-corrected chi connectivity index (χ1v) is 7.30. The molecule has 102 valence electrons. The number of hydrogen-bond acceptors (Lipinski definition) is 4. The Balaban J connectivity index is 2.43. The van der Waals surface area contributed by atoms with Gasteiger partial charge in [-0.05, 0) is 18.2 Å². The van der Waals surface area contributed by atoms with Crippen molar-refractivity contribution in [3.63, 3.8) is 0 Å². The van der Waals surface area contributed by atoms with E-state index in [-0.39, 0.29) is 26.4 Å². The molecular weight excluding hydrogens is 311 g/mol. The molecular formula is C10H10Cl2N4O2S. The summed E-state index contributed by atoms with van der Waals surface area (Å²) in [5.74, 6) is 0.177. The summed E-state index contributed by atoms with van der Waals surface area (Å²) < 4.78 is 28.0. The molecule has 6 nitrogen and oxygen atoms in total. The summed E-state index contributed by atoms with van der Waals surface area (Å²) in [6, 6.07) is 4.03. The fourth-order valence-electron chi connectivity index (χ4n) is 1.45. The topological polar surface area (TPSA) is 90.0 Å². The van der Waals surface area contributed by atoms with Gasteiger partial charge in [-0.3, -0.25) is 9.40 Å². The maximum Gasteiger partial charge on any atom is 0.263 e. The van der Waals surface area contributed by atoms with Gasteiger partial charge in [0.25, 0.3) is 10.0 Å². The number of hydrogen-bond donors (Lipinski definition) is 2. The highest BCUT2D eigenvalue weighted by Crippen LogP contribution is 2.25. The molecule has 2 aromatic rings. The van der Waals surface area contributed by atoms with Crippen LogP contribution in [0.1, 0.15) is 0 Å². The van der Waals surface area contributed by atoms with Gasteiger partial charge in [0.05, 0.1) is 16.8 Å². The monoisotopic (exact) mass is 320 g/mol. The average molecular weight is 321 g/mol. The quantitative estimate of drug-likeness (QED) is 0.906. The maximum absolute atomic E-state index is 12.2. The van der Waals surface area contributed by atoms with Gasteiger partial charge >= 0.3 is 0 Å². The number of anilines is 2. The second-order valence-electron chi connectivity index (χ2n) is 3.78. The number of aromatic nitrogens is 2. The van der Waals surface area contributed by atoms with E-state index in [9.17, 15) is 8.42 Å². The van der Waals surface area contributed by atoms with Gasteiger partial charge in [-0.1, -0.05) is 23.2 Å². The molecule has 0 saturated carbocycles. The molecule has 0 saturated heterocycles. The Labute approximate surface area is 120 Å². The van der Waals surface area contributed by atoms with Crippen LogP contribution in [0.25, 0.3) is 0 Å². The lowest BCUT2D eigenvalue weighted by molar-refractivity contribution is 0.600. The summed E-state index contributed by atoms with van der Waals surface area (Å²) >= 11 is 11.6. The lowest BCUT2D eigenvalue weighted by Gasteiger charge is -2.09. The van der Waals surface area contributed by atoms with E-state index in [1.165, 1.54) is 29.1 Å². The van der Waals surface area contributed by atoms with Crippen LogP contribution in [-0.4, -0.2) is 18.2 Å². The maximum atomic E-state index is 12.2. The summed E-state index contributed by atoms with van der Waals surface area (Å²) in [6.45, 7) is 0. The van der Waals surface area contributed by atoms with Gasteiger partial charge in [0.2, 0.25) is 0 Å². The minimum absolute atomic E-state index is 0.0504. The molecule has 0 fully saturated rings. The zero-order chi connectivity index (χ0) is 14.2. The molecule has 3 N–H and O–H groups in total. The number of halogens is 2. The highest BCUT2D eigenvalue weighted by molar-refractivity contribution is 7.92. The molecule has 0 atom stereocenters. The van der Waals surface area contributed by atoms with Crippen LogP contribution in [0.2, 0.25) is 10.0 Å². The van der Waals surface area contributed by atoms with E-state index in [1.807, 2.05) is 0 Å². The number of aryl methyl sites for hydroxylation is 1. The van der Waals surface area contributed by atoms with Crippen molar-refractivity contribution < 1.29 is 8.42 Å². The van der Waals surface area contributed by atoms with E-state index in [0.29, 0.717) is 0 Å². The van der Waals surface area contributed by atoms with Gasteiger partial charge in [-0.15, -0.1) is 0 Å². The highest BCUT2D eigenvalue weighted by Gasteiger charge is 2.19. The number of nitrogens with one attached hydrogen (secondary N) is 1. The van der Waals surface area contributed by atoms with E-state index in [1.54, 1.807) is 7.05 Å². The van der Waals surface area contributed by atoms with E-state index in [0.717, 1.165) is 0 Å². The van der Waals surface area contributed by atoms with E-state index in [4.69, 9.17) is 28.9 Å². The third-order valence-electron chi connectivity index (χ3n) is 2.34. The summed E-state index contributed by atoms with van der Waals surface area (Å²) in [6.07, 6.45) is 1.35. The average Bonchev–Trinajstić information content (AvgIpc) is 2.59. The number of benzene rings is 1. The zero-order valence-corrected chi connectivity index (χ0v) is 12.1. The molecule has 0 unspecified atom stereocenters. The summed E-state index contributed by atoms with van der Waals surface area (Å²) in [5, 5.41) is 4.30. The third kappa shape index (κ3) is 2.94. The van der Waals surface area contributed by atoms with E-state index < -0.39 is 10.0 Å². The highest BCUT2D eigenvalue weighted by atomic mass is 35.5. The molecule has 0 aliphatic heterocycles. The van der Waals surface area contributed by atoms with Crippen LogP contribution >= 0.6 is 23.2 Å². The van der Waals surface area contributed by atoms with Gasteiger partial charge < -0.3 is 5.73 Å². The van der Waals surface area contributed by atoms with Gasteiger partial charge in [0, 0.05) is 17.1 Å². The van der Waals surface area contributed by atoms with Gasteiger partial charge in [-0.2, -0.15) is 5.10 Å². The van der Waals surface area contributed by atoms with Crippen molar-refractivity contribution >= 4 is 44.7 Å². The third-order valence-corrected chi connectivity index (χ3v) is 4.10. The van der Waals surface area contributed by atoms with Crippen LogP contribution in [0, 0.1) is 0 Å². The number of sulfonamides is 1. The minimum atomic E-state index is -3.83. The Hall–Kier alpha value is -1.44. The van der Waals surface area contributed by atoms with Gasteiger partial charge in [0.1, 0.15) is 0 Å². The standard InChI is InChI=1S/C10H10Cl2N4O2S/c1-16-10(9(13)5-14-16)15-19(17,18)8-3-6(11)2-7(12)4-8/h2-5,15H,13H2,1H3. The Bertz CT molecular complexity index is 687. The molecule has 19 heavy (non-hydrogen) atoms. The molecule has 0 aliphatic carbocycles. The first-order valence-electron chi connectivity index (χ1n) is 5.06. The molecule has 0 radical (unpaired) electrons. The lowest BCUT2D eigenvalue weighted by atomic mass is 10.4. The number of nitrogen functional groups attached to an aromatic ring is 1. The molecule has 2 rings (SSSR count). The fraction of sp³-hybridized carbons (Fsp3) is 0.100. The minimum Gasteiger partial charge on any atom is -0.394 e. The van der Waals surface area contributed by atoms with Crippen molar-refractivity contribution in [2.75, 3.05) is 10.5 Å². The fourth-order valence-corrected chi connectivity index (χ4v) is 3.29. The Morgan fingerprint density at radius 3 is 2.32 bits per heavy atom. The van der Waals surface area contributed by atoms with Crippen LogP contribution in [-0.2, 0) is 17.1 Å². The van der Waals surface area contributed by atoms with Crippen molar-refractivity contribution in [3.8, 4) is 0 Å². The molecule has 9 heteroatoms. The lowest BCUT2D eigenvalue weighted by Crippen LogP contribution is -2.16. The Morgan fingerprint density at radius 1 is 1.26 bits per heavy atom. The molecule has 0 bridgehead atoms. The van der Waals surface area contributed by atoms with Gasteiger partial charge in [-0.25, -0.2) is 8.42 Å². The zero-order valence-electron chi connectivity index (χ0n) is 9.76. The first kappa shape index (κ1) is 14.0. The first-order chi connectivity index (χ1) is 8.79. The number of nitrogens with two attached hydrogens (primary N) is 1. The van der Waals surface area contributed by atoms with Crippen LogP contribution < -0.4 is 10.5 Å². The largest absolute Gasteiger partial charge is 0.394 e. The predicted octanol–water partition coefficient (Wildman–Crippen LogP) is 2.11. The van der Waals surface area contributed by atoms with Gasteiger partial charge in [0.15, 0.2) is 5.82 Å². The van der Waals surface area contributed by atoms with Crippen LogP contribution in [0.3, 0.4) is 0 Å². The second kappa shape index (κ2) is 4.92. The predicted molar refractivity (Wildman–Crippen MR) is 74.9 cm³/mol. The SMILES string of the molecule is Cn1ncc(N)c1NS(=O)(=O)c1cc(Cl)cc(Cl)c1. The summed E-state index contributed by atoms with van der Waals surface area (Å²) in [7, 11) is -2.26. The van der Waals surface area contributed by atoms with Crippen LogP contribution in [0.4, 0.5) is 11.5 Å². The molecule has 1 aromatic heterocycles. The van der Waals surface area contributed by atoms with E-state index in [2.05, 4.69) is 9.82 Å². The van der Waals surface area contributed by atoms with Crippen molar-refractivity contribution in [2.24, 2.45) is 7.05 Å². The van der Waals surface area contributed by atoms with Crippen molar-refractivity contribution in [1.82, 2.24) is 9.78 Å². The second-order valence-corrected chi connectivity index (χ2v) is 6.34. The van der Waals surface area contributed by atoms with Crippen LogP contribution in [0.15, 0.2) is 29.3 Å². The van der Waals surface area contributed by atoms with Crippen molar-refractivity contribution in [3.05, 3.63) is 34.4 Å². The molecule has 1 aromatic carbocycles.